The number of piperidine rings is 1. The summed E-state index contributed by atoms with van der Waals surface area (Å²) >= 11 is 0. The lowest BCUT2D eigenvalue weighted by molar-refractivity contribution is 0.240. The molecule has 1 heterocycles. The van der Waals surface area contributed by atoms with Gasteiger partial charge >= 0.3 is 0 Å². The zero-order chi connectivity index (χ0) is 27.7. The first-order chi connectivity index (χ1) is 19.4. The molecule has 208 valence electrons. The second-order valence-corrected chi connectivity index (χ2v) is 12.4. The highest BCUT2D eigenvalue weighted by Gasteiger charge is 2.41. The molecule has 0 atom stereocenters. The van der Waals surface area contributed by atoms with Crippen LogP contribution in [-0.2, 0) is 11.8 Å². The van der Waals surface area contributed by atoms with Crippen LogP contribution in [0.3, 0.4) is 0 Å². The van der Waals surface area contributed by atoms with Gasteiger partial charge in [0.15, 0.2) is 0 Å². The smallest absolute Gasteiger partial charge is 0.123 e. The highest BCUT2D eigenvalue weighted by atomic mass is 16.5. The van der Waals surface area contributed by atoms with E-state index in [1.807, 2.05) is 18.2 Å². The summed E-state index contributed by atoms with van der Waals surface area (Å²) in [7, 11) is 0. The van der Waals surface area contributed by atoms with Crippen molar-refractivity contribution in [2.24, 2.45) is 5.92 Å². The van der Waals surface area contributed by atoms with Crippen molar-refractivity contribution in [3.05, 3.63) is 99.4 Å². The standard InChI is InChI=1S/C37H43NO2/c1-26(2)40-36-11-5-4-8-29(36)24-34-33-25-31(10-6-9-28(33)12-17-35(34)39)37(20-7-21-37)30-13-15-32(16-14-30)38-22-18-27(3)19-23-38/h4-5,8-17,25-27,39H,6-7,18-24H2,1-3H3. The van der Waals surface area contributed by atoms with E-state index in [9.17, 15) is 5.11 Å². The number of hydrogen-bond acceptors (Lipinski definition) is 3. The molecule has 40 heavy (non-hydrogen) atoms. The Balaban J connectivity index is 1.36. The number of nitrogens with zero attached hydrogens (tertiary/aromatic N) is 1. The predicted molar refractivity (Wildman–Crippen MR) is 167 cm³/mol. The van der Waals surface area contributed by atoms with Gasteiger partial charge in [0, 0.05) is 36.2 Å². The van der Waals surface area contributed by atoms with Crippen LogP contribution < -0.4 is 20.1 Å². The van der Waals surface area contributed by atoms with Crippen molar-refractivity contribution in [3.8, 4) is 11.5 Å². The minimum Gasteiger partial charge on any atom is -0.508 e. The first kappa shape index (κ1) is 26.7. The zero-order valence-electron chi connectivity index (χ0n) is 24.3. The third-order valence-electron chi connectivity index (χ3n) is 9.37. The number of ether oxygens (including phenoxy) is 1. The Morgan fingerprint density at radius 3 is 2.40 bits per heavy atom. The van der Waals surface area contributed by atoms with Gasteiger partial charge in [0.2, 0.25) is 0 Å². The number of fused-ring (bicyclic) bond motifs is 1. The molecule has 1 N–H and O–H groups in total. The molecule has 0 unspecified atom stereocenters. The lowest BCUT2D eigenvalue weighted by Crippen LogP contribution is -2.37. The summed E-state index contributed by atoms with van der Waals surface area (Å²) in [6.45, 7) is 8.81. The van der Waals surface area contributed by atoms with Crippen LogP contribution >= 0.6 is 0 Å². The first-order valence-electron chi connectivity index (χ1n) is 15.3. The maximum absolute atomic E-state index is 11.1. The molecule has 3 heteroatoms. The zero-order valence-corrected chi connectivity index (χ0v) is 24.3. The van der Waals surface area contributed by atoms with Gasteiger partial charge in [-0.1, -0.05) is 68.0 Å². The molecule has 0 bridgehead atoms. The number of benzene rings is 3. The van der Waals surface area contributed by atoms with E-state index < -0.39 is 0 Å². The van der Waals surface area contributed by atoms with Crippen LogP contribution in [0.25, 0.3) is 12.2 Å². The summed E-state index contributed by atoms with van der Waals surface area (Å²) in [4.78, 5) is 2.55. The van der Waals surface area contributed by atoms with Crippen LogP contribution in [0.15, 0.2) is 72.3 Å². The van der Waals surface area contributed by atoms with E-state index >= 15 is 0 Å². The number of hydrogen-bond donors (Lipinski definition) is 1. The van der Waals surface area contributed by atoms with E-state index in [1.165, 1.54) is 54.1 Å². The third-order valence-corrected chi connectivity index (χ3v) is 9.37. The molecule has 3 aromatic rings. The molecule has 1 saturated carbocycles. The van der Waals surface area contributed by atoms with E-state index in [2.05, 4.69) is 86.4 Å². The average Bonchev–Trinajstić information content (AvgIpc) is 3.14. The summed E-state index contributed by atoms with van der Waals surface area (Å²) in [6, 6.07) is 21.6. The Morgan fingerprint density at radius 2 is 1.70 bits per heavy atom. The van der Waals surface area contributed by atoms with E-state index in [0.717, 1.165) is 47.5 Å². The summed E-state index contributed by atoms with van der Waals surface area (Å²) in [5.74, 6) is 2.08. The lowest BCUT2D eigenvalue weighted by atomic mass is 9.60. The van der Waals surface area contributed by atoms with E-state index in [0.29, 0.717) is 12.2 Å². The highest BCUT2D eigenvalue weighted by Crippen LogP contribution is 2.50. The Kier molecular flexibility index (Phi) is 7.49. The molecule has 0 radical (unpaired) electrons. The summed E-state index contributed by atoms with van der Waals surface area (Å²) in [5, 5.41) is 13.5. The van der Waals surface area contributed by atoms with E-state index in [4.69, 9.17) is 4.74 Å². The Labute approximate surface area is 239 Å². The number of rotatable bonds is 7. The van der Waals surface area contributed by atoms with Crippen molar-refractivity contribution in [2.45, 2.75) is 77.2 Å². The molecule has 0 aromatic heterocycles. The predicted octanol–water partition coefficient (Wildman–Crippen LogP) is 7.02. The number of phenolic OH excluding ortho intramolecular Hbond substituents is 1. The Morgan fingerprint density at radius 1 is 0.950 bits per heavy atom. The van der Waals surface area contributed by atoms with Crippen LogP contribution in [0, 0.1) is 5.92 Å². The van der Waals surface area contributed by atoms with Crippen LogP contribution in [-0.4, -0.2) is 24.3 Å². The minimum atomic E-state index is 0.0474. The van der Waals surface area contributed by atoms with Crippen molar-refractivity contribution in [1.82, 2.24) is 0 Å². The van der Waals surface area contributed by atoms with Crippen LogP contribution in [0.5, 0.6) is 11.5 Å². The Hall–Kier alpha value is -3.46. The van der Waals surface area contributed by atoms with Gasteiger partial charge in [-0.3, -0.25) is 0 Å². The SMILES string of the molecule is CC1CCN(c2ccc(C3(C4=CCC=c5ccc(O)c(Cc6ccccc6OC(C)C)c5=C4)CCC3)cc2)CC1. The van der Waals surface area contributed by atoms with Gasteiger partial charge in [0.1, 0.15) is 11.5 Å². The summed E-state index contributed by atoms with van der Waals surface area (Å²) < 4.78 is 6.13. The fourth-order valence-electron chi connectivity index (χ4n) is 6.81. The maximum Gasteiger partial charge on any atom is 0.123 e. The van der Waals surface area contributed by atoms with Gasteiger partial charge in [-0.25, -0.2) is 0 Å². The first-order valence-corrected chi connectivity index (χ1v) is 15.3. The van der Waals surface area contributed by atoms with Crippen molar-refractivity contribution in [1.29, 1.82) is 0 Å². The van der Waals surface area contributed by atoms with Crippen molar-refractivity contribution < 1.29 is 9.84 Å². The molecular weight excluding hydrogens is 490 g/mol. The van der Waals surface area contributed by atoms with Crippen LogP contribution in [0.2, 0.25) is 0 Å². The number of anilines is 1. The molecular formula is C37H43NO2. The van der Waals surface area contributed by atoms with Crippen molar-refractivity contribution in [3.63, 3.8) is 0 Å². The van der Waals surface area contributed by atoms with Gasteiger partial charge < -0.3 is 14.7 Å². The molecule has 0 amide bonds. The number of allylic oxidation sites excluding steroid dienone is 2. The second kappa shape index (κ2) is 11.2. The molecule has 1 saturated heterocycles. The quantitative estimate of drug-likeness (QED) is 0.354. The van der Waals surface area contributed by atoms with Gasteiger partial charge in [0.05, 0.1) is 6.10 Å². The molecule has 6 rings (SSSR count). The monoisotopic (exact) mass is 533 g/mol. The lowest BCUT2D eigenvalue weighted by Gasteiger charge is -2.44. The van der Waals surface area contributed by atoms with Gasteiger partial charge in [-0.15, -0.1) is 0 Å². The third kappa shape index (κ3) is 5.19. The molecule has 1 aliphatic heterocycles. The molecule has 2 fully saturated rings. The van der Waals surface area contributed by atoms with Gasteiger partial charge in [0.25, 0.3) is 0 Å². The number of para-hydroxylation sites is 1. The van der Waals surface area contributed by atoms with Crippen LogP contribution in [0.4, 0.5) is 5.69 Å². The fourth-order valence-corrected chi connectivity index (χ4v) is 6.81. The molecule has 0 spiro atoms. The molecule has 3 nitrogen and oxygen atoms in total. The molecule has 3 aromatic carbocycles. The van der Waals surface area contributed by atoms with Gasteiger partial charge in [-0.05, 0) is 103 Å². The summed E-state index contributed by atoms with van der Waals surface area (Å²) in [5.41, 5.74) is 6.31. The maximum atomic E-state index is 11.1. The fraction of sp³-hybridized carbons (Fsp3) is 0.405. The largest absolute Gasteiger partial charge is 0.508 e. The number of aromatic hydroxyl groups is 1. The van der Waals surface area contributed by atoms with Crippen LogP contribution in [0.1, 0.15) is 76.0 Å². The second-order valence-electron chi connectivity index (χ2n) is 12.4. The van der Waals surface area contributed by atoms with Gasteiger partial charge in [-0.2, -0.15) is 0 Å². The molecule has 2 aliphatic carbocycles. The topological polar surface area (TPSA) is 32.7 Å². The van der Waals surface area contributed by atoms with E-state index in [-0.39, 0.29) is 11.5 Å². The average molecular weight is 534 g/mol. The number of phenols is 1. The van der Waals surface area contributed by atoms with E-state index in [1.54, 1.807) is 0 Å². The highest BCUT2D eigenvalue weighted by molar-refractivity contribution is 5.63. The molecule has 3 aliphatic rings. The normalized spacial score (nSPS) is 18.6. The summed E-state index contributed by atoms with van der Waals surface area (Å²) in [6.07, 6.45) is 14.9. The Bertz CT molecular complexity index is 1500. The minimum absolute atomic E-state index is 0.0474. The van der Waals surface area contributed by atoms with Crippen molar-refractivity contribution >= 4 is 17.8 Å². The van der Waals surface area contributed by atoms with Crippen molar-refractivity contribution in [2.75, 3.05) is 18.0 Å².